The molecule has 10 nitrogen and oxygen atoms in total. The molecule has 2 aliphatic heterocycles. The first-order chi connectivity index (χ1) is 16.5. The number of oxime groups is 1. The number of nitrogens with zero attached hydrogens (tertiary/aromatic N) is 3. The van der Waals surface area contributed by atoms with E-state index in [2.05, 4.69) is 15.4 Å². The normalized spacial score (nSPS) is 18.1. The second-order valence-electron chi connectivity index (χ2n) is 8.97. The highest BCUT2D eigenvalue weighted by molar-refractivity contribution is 7.89. The van der Waals surface area contributed by atoms with E-state index < -0.39 is 28.0 Å². The smallest absolute Gasteiger partial charge is 0.347 e. The molecule has 2 N–H and O–H groups in total. The number of anilines is 1. The molecule has 2 aliphatic rings. The zero-order chi connectivity index (χ0) is 25.5. The summed E-state index contributed by atoms with van der Waals surface area (Å²) < 4.78 is 26.1. The van der Waals surface area contributed by atoms with E-state index >= 15 is 0 Å². The summed E-state index contributed by atoms with van der Waals surface area (Å²) >= 11 is 0. The molecule has 35 heavy (non-hydrogen) atoms. The van der Waals surface area contributed by atoms with Crippen LogP contribution in [0.4, 0.5) is 5.69 Å². The standard InChI is InChI=1S/C24H28N4O6S/c1-14(24(30)31)34-26-21-12-16-11-19(15-5-7-17(8-6-15)35(32,33)27(2)3)18-9-10-28(4)13-20(18)22(16)25-23(21)29/h5-8,11,14H,9-10,12-13H2,1-4H3,(H,25,29)(H,30,31)/b26-21+/t14-/m0/s1. The quantitative estimate of drug-likeness (QED) is 0.580. The number of carbonyl (C=O) groups is 2. The van der Waals surface area contributed by atoms with E-state index in [4.69, 9.17) is 9.94 Å². The van der Waals surface area contributed by atoms with Gasteiger partial charge in [-0.25, -0.2) is 17.5 Å². The lowest BCUT2D eigenvalue weighted by molar-refractivity contribution is -0.149. The van der Waals surface area contributed by atoms with Gasteiger partial charge in [0, 0.05) is 39.3 Å². The number of fused-ring (bicyclic) bond motifs is 3. The Morgan fingerprint density at radius 1 is 1.23 bits per heavy atom. The van der Waals surface area contributed by atoms with Crippen LogP contribution in [0.2, 0.25) is 0 Å². The number of amides is 1. The maximum atomic E-state index is 12.7. The zero-order valence-corrected chi connectivity index (χ0v) is 20.8. The van der Waals surface area contributed by atoms with Crippen molar-refractivity contribution in [3.05, 3.63) is 47.0 Å². The molecule has 0 fully saturated rings. The molecule has 1 amide bonds. The van der Waals surface area contributed by atoms with E-state index in [0.717, 1.165) is 46.5 Å². The van der Waals surface area contributed by atoms with Crippen molar-refractivity contribution in [3.8, 4) is 11.1 Å². The van der Waals surface area contributed by atoms with Crippen LogP contribution in [-0.4, -0.2) is 74.1 Å². The first-order valence-corrected chi connectivity index (χ1v) is 12.6. The Morgan fingerprint density at radius 3 is 2.54 bits per heavy atom. The number of carbonyl (C=O) groups excluding carboxylic acids is 1. The third-order valence-corrected chi connectivity index (χ3v) is 8.10. The minimum Gasteiger partial charge on any atom is -0.478 e. The van der Waals surface area contributed by atoms with Crippen molar-refractivity contribution in [1.29, 1.82) is 0 Å². The average Bonchev–Trinajstić information content (AvgIpc) is 2.82. The van der Waals surface area contributed by atoms with Gasteiger partial charge < -0.3 is 20.2 Å². The van der Waals surface area contributed by atoms with E-state index in [1.807, 2.05) is 13.1 Å². The molecule has 11 heteroatoms. The number of sulfonamides is 1. The number of carboxylic acids is 1. The SMILES string of the molecule is C[C@H](O/N=C1\Cc2cc(-c3ccc(S(=O)(=O)N(C)C)cc3)c3c(c2NC1=O)CN(C)CC3)C(=O)O. The van der Waals surface area contributed by atoms with Crippen molar-refractivity contribution >= 4 is 33.3 Å². The molecule has 0 bridgehead atoms. The summed E-state index contributed by atoms with van der Waals surface area (Å²) in [5, 5.41) is 15.7. The van der Waals surface area contributed by atoms with Crippen LogP contribution in [0.3, 0.4) is 0 Å². The van der Waals surface area contributed by atoms with Crippen molar-refractivity contribution in [2.24, 2.45) is 5.16 Å². The molecule has 0 spiro atoms. The van der Waals surface area contributed by atoms with Gasteiger partial charge in [-0.1, -0.05) is 17.3 Å². The molecule has 1 atom stereocenters. The first-order valence-electron chi connectivity index (χ1n) is 11.1. The number of hydrogen-bond acceptors (Lipinski definition) is 7. The van der Waals surface area contributed by atoms with Gasteiger partial charge in [0.1, 0.15) is 5.71 Å². The Kier molecular flexibility index (Phi) is 6.67. The van der Waals surface area contributed by atoms with Gasteiger partial charge in [-0.3, -0.25) is 4.79 Å². The Balaban J connectivity index is 1.77. The van der Waals surface area contributed by atoms with Crippen molar-refractivity contribution < 1.29 is 28.0 Å². The summed E-state index contributed by atoms with van der Waals surface area (Å²) in [5.41, 5.74) is 5.65. The summed E-state index contributed by atoms with van der Waals surface area (Å²) in [6.45, 7) is 2.84. The van der Waals surface area contributed by atoms with Crippen LogP contribution in [0.15, 0.2) is 40.4 Å². The maximum Gasteiger partial charge on any atom is 0.347 e. The summed E-state index contributed by atoms with van der Waals surface area (Å²) in [7, 11) is 1.46. The molecule has 2 aromatic carbocycles. The molecular formula is C24H28N4O6S. The predicted molar refractivity (Wildman–Crippen MR) is 131 cm³/mol. The summed E-state index contributed by atoms with van der Waals surface area (Å²) in [4.78, 5) is 31.1. The summed E-state index contributed by atoms with van der Waals surface area (Å²) in [6.07, 6.45) is -0.214. The highest BCUT2D eigenvalue weighted by Gasteiger charge is 2.30. The van der Waals surface area contributed by atoms with Crippen LogP contribution in [0, 0.1) is 0 Å². The lowest BCUT2D eigenvalue weighted by atomic mass is 9.84. The van der Waals surface area contributed by atoms with Crippen molar-refractivity contribution in [3.63, 3.8) is 0 Å². The third kappa shape index (κ3) is 4.79. The van der Waals surface area contributed by atoms with Crippen LogP contribution in [0.25, 0.3) is 11.1 Å². The topological polar surface area (TPSA) is 129 Å². The van der Waals surface area contributed by atoms with Crippen molar-refractivity contribution in [1.82, 2.24) is 9.21 Å². The van der Waals surface area contributed by atoms with Gasteiger partial charge in [0.15, 0.2) is 0 Å². The molecule has 0 aromatic heterocycles. The lowest BCUT2D eigenvalue weighted by Gasteiger charge is -2.32. The fraction of sp³-hybridized carbons (Fsp3) is 0.375. The predicted octanol–water partition coefficient (Wildman–Crippen LogP) is 1.93. The largest absolute Gasteiger partial charge is 0.478 e. The number of nitrogens with one attached hydrogen (secondary N) is 1. The lowest BCUT2D eigenvalue weighted by Crippen LogP contribution is -2.35. The van der Waals surface area contributed by atoms with Gasteiger partial charge in [0.05, 0.1) is 4.90 Å². The number of rotatable bonds is 6. The van der Waals surface area contributed by atoms with Gasteiger partial charge in [-0.2, -0.15) is 0 Å². The van der Waals surface area contributed by atoms with E-state index in [9.17, 15) is 18.0 Å². The van der Waals surface area contributed by atoms with Crippen molar-refractivity contribution in [2.45, 2.75) is 37.3 Å². The number of benzene rings is 2. The highest BCUT2D eigenvalue weighted by atomic mass is 32.2. The van der Waals surface area contributed by atoms with E-state index in [1.165, 1.54) is 25.3 Å². The van der Waals surface area contributed by atoms with E-state index in [0.29, 0.717) is 6.54 Å². The van der Waals surface area contributed by atoms with Gasteiger partial charge >= 0.3 is 5.97 Å². The molecule has 4 rings (SSSR count). The van der Waals surface area contributed by atoms with E-state index in [-0.39, 0.29) is 17.0 Å². The van der Waals surface area contributed by atoms with Gasteiger partial charge in [-0.05, 0) is 66.4 Å². The second kappa shape index (κ2) is 9.40. The van der Waals surface area contributed by atoms with Crippen LogP contribution >= 0.6 is 0 Å². The molecule has 0 saturated carbocycles. The van der Waals surface area contributed by atoms with Crippen LogP contribution in [0.1, 0.15) is 23.6 Å². The Morgan fingerprint density at radius 2 is 1.91 bits per heavy atom. The number of hydrogen-bond donors (Lipinski definition) is 2. The molecule has 0 saturated heterocycles. The minimum absolute atomic E-state index is 0.0908. The molecule has 186 valence electrons. The maximum absolute atomic E-state index is 12.7. The van der Waals surface area contributed by atoms with E-state index in [1.54, 1.807) is 24.3 Å². The molecular weight excluding hydrogens is 472 g/mol. The Bertz CT molecular complexity index is 1320. The molecule has 0 radical (unpaired) electrons. The minimum atomic E-state index is -3.54. The van der Waals surface area contributed by atoms with Crippen LogP contribution < -0.4 is 5.32 Å². The number of likely N-dealkylation sites (N-methyl/N-ethyl adjacent to an activating group) is 1. The van der Waals surface area contributed by atoms with Gasteiger partial charge in [0.25, 0.3) is 5.91 Å². The monoisotopic (exact) mass is 500 g/mol. The zero-order valence-electron chi connectivity index (χ0n) is 20.0. The molecule has 0 aliphatic carbocycles. The Labute approximate surface area is 204 Å². The molecule has 0 unspecified atom stereocenters. The number of carboxylic acid groups (broad SMARTS) is 1. The Hall–Kier alpha value is -3.28. The highest BCUT2D eigenvalue weighted by Crippen LogP contribution is 2.39. The van der Waals surface area contributed by atoms with Crippen LogP contribution in [-0.2, 0) is 43.8 Å². The number of aliphatic carboxylic acids is 1. The van der Waals surface area contributed by atoms with Crippen molar-refractivity contribution in [2.75, 3.05) is 33.0 Å². The summed E-state index contributed by atoms with van der Waals surface area (Å²) in [6, 6.07) is 8.78. The molecule has 2 heterocycles. The van der Waals surface area contributed by atoms with Gasteiger partial charge in [-0.15, -0.1) is 0 Å². The summed E-state index contributed by atoms with van der Waals surface area (Å²) in [5.74, 6) is -1.60. The van der Waals surface area contributed by atoms with Gasteiger partial charge in [0.2, 0.25) is 16.1 Å². The fourth-order valence-corrected chi connectivity index (χ4v) is 5.13. The van der Waals surface area contributed by atoms with Crippen LogP contribution in [0.5, 0.6) is 0 Å². The third-order valence-electron chi connectivity index (χ3n) is 6.27. The molecule has 2 aromatic rings. The first kappa shape index (κ1) is 24.8. The second-order valence-corrected chi connectivity index (χ2v) is 11.1. The average molecular weight is 501 g/mol. The fourth-order valence-electron chi connectivity index (χ4n) is 4.23.